The lowest BCUT2D eigenvalue weighted by molar-refractivity contribution is 0.175. The van der Waals surface area contributed by atoms with Crippen molar-refractivity contribution in [1.82, 2.24) is 20.0 Å². The van der Waals surface area contributed by atoms with Crippen LogP contribution in [0.2, 0.25) is 0 Å². The van der Waals surface area contributed by atoms with Gasteiger partial charge in [0, 0.05) is 18.8 Å². The maximum atomic E-state index is 13.8. The highest BCUT2D eigenvalue weighted by Crippen LogP contribution is 2.19. The molecule has 4 nitrogen and oxygen atoms in total. The molecule has 0 aliphatic carbocycles. The van der Waals surface area contributed by atoms with E-state index >= 15 is 0 Å². The summed E-state index contributed by atoms with van der Waals surface area (Å²) < 4.78 is 28.3. The minimum absolute atomic E-state index is 0.269. The topological polar surface area (TPSA) is 33.1 Å². The summed E-state index contributed by atoms with van der Waals surface area (Å²) in [6, 6.07) is 5.42. The first-order valence-electron chi connectivity index (χ1n) is 8.02. The third-order valence-corrected chi connectivity index (χ3v) is 4.39. The molecule has 1 aliphatic heterocycles. The number of hydrogen-bond donors (Lipinski definition) is 1. The quantitative estimate of drug-likeness (QED) is 0.919. The number of nitrogens with zero attached hydrogens (tertiary/aromatic N) is 3. The van der Waals surface area contributed by atoms with Gasteiger partial charge in [-0.2, -0.15) is 5.10 Å². The number of nitrogens with one attached hydrogen (secondary N) is 1. The molecule has 0 amide bonds. The van der Waals surface area contributed by atoms with Crippen molar-refractivity contribution in [2.75, 3.05) is 26.7 Å². The number of likely N-dealkylation sites (tertiary alicyclic amines) is 1. The van der Waals surface area contributed by atoms with Crippen LogP contribution in [0.5, 0.6) is 0 Å². The molecule has 1 aliphatic rings. The van der Waals surface area contributed by atoms with E-state index in [9.17, 15) is 8.78 Å². The van der Waals surface area contributed by atoms with E-state index in [0.29, 0.717) is 0 Å². The van der Waals surface area contributed by atoms with E-state index in [1.54, 1.807) is 6.20 Å². The fourth-order valence-corrected chi connectivity index (χ4v) is 3.11. The molecule has 1 N–H and O–H groups in total. The molecule has 2 heterocycles. The van der Waals surface area contributed by atoms with Gasteiger partial charge in [-0.25, -0.2) is 13.5 Å². The summed E-state index contributed by atoms with van der Waals surface area (Å²) in [6.07, 6.45) is 4.10. The molecule has 0 radical (unpaired) electrons. The average molecular weight is 320 g/mol. The zero-order valence-electron chi connectivity index (χ0n) is 13.3. The summed E-state index contributed by atoms with van der Waals surface area (Å²) in [6.45, 7) is 3.96. The number of halogens is 2. The van der Waals surface area contributed by atoms with Crippen molar-refractivity contribution in [3.8, 4) is 5.69 Å². The standard InChI is InChI=1S/C17H22F2N4/c1-20-11-13-4-7-22(8-5-13)12-15-6-9-23(21-15)17-3-2-14(18)10-16(17)19/h2-3,6,9-10,13,20H,4-5,7-8,11-12H2,1H3. The fraction of sp³-hybridized carbons (Fsp3) is 0.471. The van der Waals surface area contributed by atoms with Crippen LogP contribution in [0, 0.1) is 17.6 Å². The lowest BCUT2D eigenvalue weighted by Crippen LogP contribution is -2.36. The normalized spacial score (nSPS) is 16.8. The number of piperidine rings is 1. The van der Waals surface area contributed by atoms with Crippen LogP contribution in [0.4, 0.5) is 8.78 Å². The Labute approximate surface area is 135 Å². The molecule has 2 aromatic rings. The van der Waals surface area contributed by atoms with Crippen LogP contribution in [0.3, 0.4) is 0 Å². The van der Waals surface area contributed by atoms with Gasteiger partial charge in [0.1, 0.15) is 11.5 Å². The molecular formula is C17H22F2N4. The van der Waals surface area contributed by atoms with Crippen molar-refractivity contribution in [1.29, 1.82) is 0 Å². The summed E-state index contributed by atoms with van der Waals surface area (Å²) in [4.78, 5) is 2.37. The Morgan fingerprint density at radius 2 is 2.00 bits per heavy atom. The average Bonchev–Trinajstić information content (AvgIpc) is 2.98. The predicted octanol–water partition coefficient (Wildman–Crippen LogP) is 2.58. The Morgan fingerprint density at radius 3 is 2.70 bits per heavy atom. The monoisotopic (exact) mass is 320 g/mol. The zero-order valence-corrected chi connectivity index (χ0v) is 13.3. The zero-order chi connectivity index (χ0) is 16.2. The summed E-state index contributed by atoms with van der Waals surface area (Å²) >= 11 is 0. The van der Waals surface area contributed by atoms with Crippen molar-refractivity contribution in [3.05, 3.63) is 47.8 Å². The highest BCUT2D eigenvalue weighted by molar-refractivity contribution is 5.33. The van der Waals surface area contributed by atoms with Gasteiger partial charge < -0.3 is 5.32 Å². The van der Waals surface area contributed by atoms with Crippen LogP contribution in [0.25, 0.3) is 5.69 Å². The van der Waals surface area contributed by atoms with Crippen molar-refractivity contribution in [3.63, 3.8) is 0 Å². The summed E-state index contributed by atoms with van der Waals surface area (Å²) in [5.41, 5.74) is 1.17. The van der Waals surface area contributed by atoms with Gasteiger partial charge in [0.05, 0.1) is 5.69 Å². The number of rotatable bonds is 5. The minimum Gasteiger partial charge on any atom is -0.319 e. The molecule has 0 bridgehead atoms. The molecule has 0 saturated carbocycles. The van der Waals surface area contributed by atoms with Gasteiger partial charge in [0.15, 0.2) is 5.82 Å². The Hall–Kier alpha value is -1.79. The lowest BCUT2D eigenvalue weighted by Gasteiger charge is -2.31. The molecule has 124 valence electrons. The molecule has 1 fully saturated rings. The predicted molar refractivity (Wildman–Crippen MR) is 85.4 cm³/mol. The summed E-state index contributed by atoms with van der Waals surface area (Å²) in [5.74, 6) is -0.433. The molecule has 3 rings (SSSR count). The van der Waals surface area contributed by atoms with E-state index < -0.39 is 11.6 Å². The summed E-state index contributed by atoms with van der Waals surface area (Å²) in [7, 11) is 1.99. The van der Waals surface area contributed by atoms with Crippen LogP contribution in [-0.2, 0) is 6.54 Å². The third-order valence-electron chi connectivity index (χ3n) is 4.39. The number of aromatic nitrogens is 2. The Morgan fingerprint density at radius 1 is 1.22 bits per heavy atom. The van der Waals surface area contributed by atoms with Crippen molar-refractivity contribution >= 4 is 0 Å². The first kappa shape index (κ1) is 16.1. The minimum atomic E-state index is -0.604. The van der Waals surface area contributed by atoms with E-state index in [1.807, 2.05) is 13.1 Å². The second-order valence-corrected chi connectivity index (χ2v) is 6.12. The molecule has 1 aromatic carbocycles. The number of benzene rings is 1. The SMILES string of the molecule is CNCC1CCN(Cc2ccn(-c3ccc(F)cc3F)n2)CC1. The summed E-state index contributed by atoms with van der Waals surface area (Å²) in [5, 5.41) is 7.66. The van der Waals surface area contributed by atoms with Crippen molar-refractivity contribution < 1.29 is 8.78 Å². The first-order chi connectivity index (χ1) is 11.2. The Balaban J connectivity index is 1.62. The van der Waals surface area contributed by atoms with Gasteiger partial charge in [-0.3, -0.25) is 4.90 Å². The smallest absolute Gasteiger partial charge is 0.151 e. The first-order valence-corrected chi connectivity index (χ1v) is 8.02. The largest absolute Gasteiger partial charge is 0.319 e. The van der Waals surface area contributed by atoms with Crippen LogP contribution in [0.15, 0.2) is 30.5 Å². The number of hydrogen-bond acceptors (Lipinski definition) is 3. The third kappa shape index (κ3) is 3.95. The van der Waals surface area contributed by atoms with Crippen LogP contribution in [-0.4, -0.2) is 41.4 Å². The van der Waals surface area contributed by atoms with Gasteiger partial charge in [-0.1, -0.05) is 0 Å². The maximum absolute atomic E-state index is 13.8. The second-order valence-electron chi connectivity index (χ2n) is 6.12. The highest BCUT2D eigenvalue weighted by atomic mass is 19.1. The van der Waals surface area contributed by atoms with E-state index in [1.165, 1.54) is 29.7 Å². The van der Waals surface area contributed by atoms with Crippen LogP contribution in [0.1, 0.15) is 18.5 Å². The van der Waals surface area contributed by atoms with Crippen LogP contribution < -0.4 is 5.32 Å². The van der Waals surface area contributed by atoms with Crippen LogP contribution >= 0.6 is 0 Å². The van der Waals surface area contributed by atoms with Gasteiger partial charge >= 0.3 is 0 Å². The van der Waals surface area contributed by atoms with Crippen molar-refractivity contribution in [2.24, 2.45) is 5.92 Å². The lowest BCUT2D eigenvalue weighted by atomic mass is 9.97. The van der Waals surface area contributed by atoms with Gasteiger partial charge in [-0.05, 0) is 63.6 Å². The molecule has 1 aromatic heterocycles. The molecule has 0 unspecified atom stereocenters. The fourth-order valence-electron chi connectivity index (χ4n) is 3.11. The van der Waals surface area contributed by atoms with E-state index in [2.05, 4.69) is 15.3 Å². The maximum Gasteiger partial charge on any atom is 0.151 e. The second kappa shape index (κ2) is 7.19. The molecule has 6 heteroatoms. The van der Waals surface area contributed by atoms with E-state index in [-0.39, 0.29) is 5.69 Å². The molecule has 23 heavy (non-hydrogen) atoms. The van der Waals surface area contributed by atoms with Crippen molar-refractivity contribution in [2.45, 2.75) is 19.4 Å². The Kier molecular flexibility index (Phi) is 5.03. The van der Waals surface area contributed by atoms with E-state index in [4.69, 9.17) is 0 Å². The highest BCUT2D eigenvalue weighted by Gasteiger charge is 2.19. The molecule has 0 spiro atoms. The molecule has 0 atom stereocenters. The Bertz CT molecular complexity index is 648. The molecular weight excluding hydrogens is 298 g/mol. The van der Waals surface area contributed by atoms with Gasteiger partial charge in [-0.15, -0.1) is 0 Å². The van der Waals surface area contributed by atoms with E-state index in [0.717, 1.165) is 43.9 Å². The van der Waals surface area contributed by atoms with Gasteiger partial charge in [0.2, 0.25) is 0 Å². The molecule has 1 saturated heterocycles. The van der Waals surface area contributed by atoms with Gasteiger partial charge in [0.25, 0.3) is 0 Å².